The summed E-state index contributed by atoms with van der Waals surface area (Å²) >= 11 is 0. The molecular formula is C55H45N. The molecule has 8 aromatic carbocycles. The summed E-state index contributed by atoms with van der Waals surface area (Å²) in [5, 5.41) is 2.59. The summed E-state index contributed by atoms with van der Waals surface area (Å²) < 4.78 is 0. The summed E-state index contributed by atoms with van der Waals surface area (Å²) in [7, 11) is 0. The third kappa shape index (κ3) is 4.37. The Bertz CT molecular complexity index is 2850. The lowest BCUT2D eigenvalue weighted by atomic mass is 9.80. The highest BCUT2D eigenvalue weighted by molar-refractivity contribution is 6.10. The van der Waals surface area contributed by atoms with Crippen LogP contribution in [0.4, 0.5) is 17.1 Å². The van der Waals surface area contributed by atoms with Crippen LogP contribution in [0, 0.1) is 0 Å². The first-order valence-electron chi connectivity index (χ1n) is 20.1. The van der Waals surface area contributed by atoms with Gasteiger partial charge in [0, 0.05) is 33.2 Å². The molecule has 0 bridgehead atoms. The maximum atomic E-state index is 2.54. The van der Waals surface area contributed by atoms with Gasteiger partial charge in [-0.1, -0.05) is 169 Å². The molecule has 11 rings (SSSR count). The summed E-state index contributed by atoms with van der Waals surface area (Å²) in [4.78, 5) is 2.54. The second-order valence-corrected chi connectivity index (χ2v) is 17.7. The van der Waals surface area contributed by atoms with E-state index in [2.05, 4.69) is 210 Å². The van der Waals surface area contributed by atoms with Crippen molar-refractivity contribution in [2.75, 3.05) is 4.90 Å². The average Bonchev–Trinajstić information content (AvgIpc) is 3.70. The molecule has 1 heteroatoms. The number of para-hydroxylation sites is 1. The molecule has 3 aliphatic carbocycles. The number of anilines is 3. The van der Waals surface area contributed by atoms with Gasteiger partial charge in [0.2, 0.25) is 0 Å². The molecule has 0 fully saturated rings. The minimum atomic E-state index is -0.125. The molecule has 1 nitrogen and oxygen atoms in total. The third-order valence-electron chi connectivity index (χ3n) is 13.7. The number of fused-ring (bicyclic) bond motifs is 11. The number of hydrogen-bond donors (Lipinski definition) is 0. The van der Waals surface area contributed by atoms with Crippen LogP contribution in [0.5, 0.6) is 0 Å². The van der Waals surface area contributed by atoms with Gasteiger partial charge in [-0.3, -0.25) is 0 Å². The first kappa shape index (κ1) is 33.2. The van der Waals surface area contributed by atoms with Crippen molar-refractivity contribution in [1.82, 2.24) is 0 Å². The summed E-state index contributed by atoms with van der Waals surface area (Å²) in [5.74, 6) is 0. The standard InChI is InChI=1S/C55H45N/c1-53(2)45-23-13-9-18-37(45)39-29-27-34(31-48(39)53)56(35-28-30-40-38-19-10-14-24-46(38)54(3,4)49(40)32-35)51-26-16-12-20-41(51)44-33-50-52(42-21-8-7-17-36(42)44)43-22-11-15-25-47(43)55(50,5)6/h7-33H,1-6H3. The molecule has 0 aliphatic heterocycles. The van der Waals surface area contributed by atoms with Crippen LogP contribution >= 0.6 is 0 Å². The molecule has 0 heterocycles. The van der Waals surface area contributed by atoms with Crippen LogP contribution < -0.4 is 4.90 Å². The monoisotopic (exact) mass is 719 g/mol. The smallest absolute Gasteiger partial charge is 0.0540 e. The Morgan fingerprint density at radius 2 is 0.714 bits per heavy atom. The van der Waals surface area contributed by atoms with Crippen LogP contribution in [0.1, 0.15) is 74.9 Å². The van der Waals surface area contributed by atoms with Gasteiger partial charge in [0.05, 0.1) is 5.69 Å². The van der Waals surface area contributed by atoms with Crippen molar-refractivity contribution in [3.8, 4) is 44.5 Å². The van der Waals surface area contributed by atoms with E-state index in [1.165, 1.54) is 106 Å². The maximum absolute atomic E-state index is 2.54. The van der Waals surface area contributed by atoms with Gasteiger partial charge in [-0.25, -0.2) is 0 Å². The van der Waals surface area contributed by atoms with Crippen molar-refractivity contribution >= 4 is 27.8 Å². The van der Waals surface area contributed by atoms with Gasteiger partial charge in [-0.2, -0.15) is 0 Å². The zero-order valence-corrected chi connectivity index (χ0v) is 33.0. The van der Waals surface area contributed by atoms with E-state index in [0.29, 0.717) is 0 Å². The van der Waals surface area contributed by atoms with Crippen LogP contribution in [0.25, 0.3) is 55.3 Å². The Balaban J connectivity index is 1.17. The molecule has 0 spiro atoms. The van der Waals surface area contributed by atoms with Gasteiger partial charge in [-0.15, -0.1) is 0 Å². The lowest BCUT2D eigenvalue weighted by molar-refractivity contribution is 0.660. The van der Waals surface area contributed by atoms with Gasteiger partial charge < -0.3 is 4.90 Å². The molecule has 0 amide bonds. The first-order chi connectivity index (χ1) is 27.1. The van der Waals surface area contributed by atoms with Gasteiger partial charge in [0.15, 0.2) is 0 Å². The lowest BCUT2D eigenvalue weighted by Gasteiger charge is -2.31. The highest BCUT2D eigenvalue weighted by Gasteiger charge is 2.39. The molecule has 0 unspecified atom stereocenters. The fourth-order valence-corrected chi connectivity index (χ4v) is 10.8. The highest BCUT2D eigenvalue weighted by atomic mass is 15.1. The van der Waals surface area contributed by atoms with E-state index in [4.69, 9.17) is 0 Å². The van der Waals surface area contributed by atoms with E-state index in [1.54, 1.807) is 0 Å². The molecule has 0 radical (unpaired) electrons. The van der Waals surface area contributed by atoms with Crippen molar-refractivity contribution in [1.29, 1.82) is 0 Å². The van der Waals surface area contributed by atoms with Crippen molar-refractivity contribution in [2.45, 2.75) is 57.8 Å². The minimum absolute atomic E-state index is 0.120. The summed E-state index contributed by atoms with van der Waals surface area (Å²) in [6.07, 6.45) is 0. The summed E-state index contributed by atoms with van der Waals surface area (Å²) in [5.41, 5.74) is 22.0. The van der Waals surface area contributed by atoms with Gasteiger partial charge >= 0.3 is 0 Å². The normalized spacial score (nSPS) is 15.8. The van der Waals surface area contributed by atoms with Gasteiger partial charge in [-0.05, 0) is 119 Å². The van der Waals surface area contributed by atoms with Crippen LogP contribution in [0.2, 0.25) is 0 Å². The SMILES string of the molecule is CC1(C)c2ccccc2-c2ccc(N(c3ccc4c(c3)C(C)(C)c3ccccc3-4)c3ccccc3-c3cc4c(c5ccccc35)-c3ccccc3C4(C)C)cc21. The Kier molecular flexibility index (Phi) is 6.77. The van der Waals surface area contributed by atoms with E-state index in [1.807, 2.05) is 0 Å². The first-order valence-corrected chi connectivity index (χ1v) is 20.1. The molecule has 8 aromatic rings. The Morgan fingerprint density at radius 1 is 0.304 bits per heavy atom. The van der Waals surface area contributed by atoms with E-state index >= 15 is 0 Å². The van der Waals surface area contributed by atoms with Crippen molar-refractivity contribution in [2.24, 2.45) is 0 Å². The number of rotatable bonds is 4. The number of hydrogen-bond acceptors (Lipinski definition) is 1. The number of nitrogens with zero attached hydrogens (tertiary/aromatic N) is 1. The Hall–Kier alpha value is -6.18. The molecule has 0 atom stereocenters. The van der Waals surface area contributed by atoms with Crippen molar-refractivity contribution in [3.05, 3.63) is 197 Å². The van der Waals surface area contributed by atoms with E-state index in [-0.39, 0.29) is 16.2 Å². The van der Waals surface area contributed by atoms with Crippen LogP contribution in [-0.4, -0.2) is 0 Å². The minimum Gasteiger partial charge on any atom is -0.310 e. The van der Waals surface area contributed by atoms with Crippen molar-refractivity contribution < 1.29 is 0 Å². The molecule has 0 aromatic heterocycles. The number of benzene rings is 8. The predicted octanol–water partition coefficient (Wildman–Crippen LogP) is 14.9. The second kappa shape index (κ2) is 11.4. The zero-order chi connectivity index (χ0) is 38.1. The summed E-state index contributed by atoms with van der Waals surface area (Å²) in [6, 6.07) is 61.9. The third-order valence-corrected chi connectivity index (χ3v) is 13.7. The van der Waals surface area contributed by atoms with Gasteiger partial charge in [0.25, 0.3) is 0 Å². The fraction of sp³-hybridized carbons (Fsp3) is 0.164. The second-order valence-electron chi connectivity index (χ2n) is 17.7. The molecular weight excluding hydrogens is 675 g/mol. The van der Waals surface area contributed by atoms with Crippen LogP contribution in [0.15, 0.2) is 164 Å². The van der Waals surface area contributed by atoms with Crippen molar-refractivity contribution in [3.63, 3.8) is 0 Å². The maximum Gasteiger partial charge on any atom is 0.0540 e. The molecule has 270 valence electrons. The fourth-order valence-electron chi connectivity index (χ4n) is 10.8. The average molecular weight is 720 g/mol. The van der Waals surface area contributed by atoms with Crippen LogP contribution in [0.3, 0.4) is 0 Å². The van der Waals surface area contributed by atoms with E-state index in [0.717, 1.165) is 0 Å². The zero-order valence-electron chi connectivity index (χ0n) is 33.0. The molecule has 56 heavy (non-hydrogen) atoms. The molecule has 0 N–H and O–H groups in total. The van der Waals surface area contributed by atoms with Crippen LogP contribution in [-0.2, 0) is 16.2 Å². The molecule has 3 aliphatic rings. The van der Waals surface area contributed by atoms with Gasteiger partial charge in [0.1, 0.15) is 0 Å². The van der Waals surface area contributed by atoms with E-state index < -0.39 is 0 Å². The molecule has 0 saturated heterocycles. The Morgan fingerprint density at radius 3 is 1.29 bits per heavy atom. The quantitative estimate of drug-likeness (QED) is 0.175. The highest BCUT2D eigenvalue weighted by Crippen LogP contribution is 2.56. The Labute approximate surface area is 330 Å². The summed E-state index contributed by atoms with van der Waals surface area (Å²) in [6.45, 7) is 14.3. The lowest BCUT2D eigenvalue weighted by Crippen LogP contribution is -2.18. The molecule has 0 saturated carbocycles. The predicted molar refractivity (Wildman–Crippen MR) is 237 cm³/mol. The topological polar surface area (TPSA) is 3.24 Å². The van der Waals surface area contributed by atoms with E-state index in [9.17, 15) is 0 Å². The largest absolute Gasteiger partial charge is 0.310 e.